The van der Waals surface area contributed by atoms with Crippen molar-refractivity contribution in [2.24, 2.45) is 10.7 Å². The van der Waals surface area contributed by atoms with E-state index in [9.17, 15) is 0 Å². The highest BCUT2D eigenvalue weighted by molar-refractivity contribution is 5.78. The number of aliphatic imine (C=N–C) groups is 1. The minimum absolute atomic E-state index is 0.952. The second-order valence-corrected chi connectivity index (χ2v) is 2.76. The maximum Gasteiger partial charge on any atom is 0.0277 e. The monoisotopic (exact) mass is 153 g/mol. The number of hydrogen-bond donors (Lipinski definition) is 1. The zero-order valence-electron chi connectivity index (χ0n) is 6.95. The number of nitrogens with zero attached hydrogens (tertiary/aromatic N) is 2. The fraction of sp³-hybridized carbons (Fsp3) is 0.625. The average molecular weight is 153 g/mol. The molecule has 1 aliphatic rings. The molecule has 3 nitrogen and oxygen atoms in total. The highest BCUT2D eigenvalue weighted by atomic mass is 15.2. The van der Waals surface area contributed by atoms with E-state index in [1.165, 1.54) is 19.5 Å². The van der Waals surface area contributed by atoms with Crippen LogP contribution in [0.4, 0.5) is 0 Å². The van der Waals surface area contributed by atoms with Gasteiger partial charge in [-0.2, -0.15) is 0 Å². The van der Waals surface area contributed by atoms with Gasteiger partial charge in [-0.05, 0) is 31.3 Å². The molecule has 0 bridgehead atoms. The average Bonchev–Trinajstić information content (AvgIpc) is 1.94. The fourth-order valence-electron chi connectivity index (χ4n) is 1.10. The van der Waals surface area contributed by atoms with Crippen LogP contribution in [0.5, 0.6) is 0 Å². The summed E-state index contributed by atoms with van der Waals surface area (Å²) in [6.45, 7) is 3.36. The lowest BCUT2D eigenvalue weighted by molar-refractivity contribution is 0.201. The van der Waals surface area contributed by atoms with Crippen molar-refractivity contribution < 1.29 is 0 Å². The van der Waals surface area contributed by atoms with Gasteiger partial charge in [-0.3, -0.25) is 9.89 Å². The van der Waals surface area contributed by atoms with Gasteiger partial charge in [0.1, 0.15) is 0 Å². The smallest absolute Gasteiger partial charge is 0.0277 e. The summed E-state index contributed by atoms with van der Waals surface area (Å²) in [6, 6.07) is 0. The summed E-state index contributed by atoms with van der Waals surface area (Å²) in [7, 11) is 1.76. The van der Waals surface area contributed by atoms with Crippen LogP contribution < -0.4 is 5.73 Å². The van der Waals surface area contributed by atoms with Crippen LogP contribution in [0, 0.1) is 0 Å². The summed E-state index contributed by atoms with van der Waals surface area (Å²) in [6.07, 6.45) is 4.77. The Hall–Kier alpha value is -0.830. The topological polar surface area (TPSA) is 41.6 Å². The Morgan fingerprint density at radius 1 is 1.64 bits per heavy atom. The molecule has 0 aromatic heterocycles. The second kappa shape index (κ2) is 4.13. The summed E-state index contributed by atoms with van der Waals surface area (Å²) >= 11 is 0. The normalized spacial score (nSPS) is 20.6. The van der Waals surface area contributed by atoms with Gasteiger partial charge in [0.2, 0.25) is 0 Å². The first-order valence-corrected chi connectivity index (χ1v) is 3.92. The Kier molecular flexibility index (Phi) is 3.11. The molecule has 3 heteroatoms. The second-order valence-electron chi connectivity index (χ2n) is 2.76. The quantitative estimate of drug-likeness (QED) is 0.590. The maximum absolute atomic E-state index is 5.41. The van der Waals surface area contributed by atoms with Crippen LogP contribution in [0.2, 0.25) is 0 Å². The first-order chi connectivity index (χ1) is 5.36. The van der Waals surface area contributed by atoms with Crippen LogP contribution in [0.1, 0.15) is 6.42 Å². The third-order valence-corrected chi connectivity index (χ3v) is 1.86. The van der Waals surface area contributed by atoms with Crippen LogP contribution in [0.15, 0.2) is 16.8 Å². The Labute approximate surface area is 67.6 Å². The van der Waals surface area contributed by atoms with E-state index in [4.69, 9.17) is 5.73 Å². The summed E-state index contributed by atoms with van der Waals surface area (Å²) < 4.78 is 0. The van der Waals surface area contributed by atoms with Gasteiger partial charge in [0.15, 0.2) is 0 Å². The predicted octanol–water partition coefficient (Wildman–Crippen LogP) is 0.235. The Bertz CT molecular complexity index is 168. The van der Waals surface area contributed by atoms with E-state index in [1.807, 2.05) is 6.21 Å². The third-order valence-electron chi connectivity index (χ3n) is 1.86. The highest BCUT2D eigenvalue weighted by Gasteiger charge is 2.13. The Balaban J connectivity index is 2.31. The van der Waals surface area contributed by atoms with Gasteiger partial charge in [0.05, 0.1) is 0 Å². The molecule has 0 atom stereocenters. The molecule has 62 valence electrons. The van der Waals surface area contributed by atoms with Crippen molar-refractivity contribution >= 4 is 6.21 Å². The molecule has 0 saturated carbocycles. The molecule has 0 unspecified atom stereocenters. The van der Waals surface area contributed by atoms with Crippen molar-refractivity contribution in [3.63, 3.8) is 0 Å². The molecule has 1 fully saturated rings. The number of hydrogen-bond acceptors (Lipinski definition) is 3. The first-order valence-electron chi connectivity index (χ1n) is 3.92. The van der Waals surface area contributed by atoms with Crippen molar-refractivity contribution in [1.29, 1.82) is 0 Å². The number of likely N-dealkylation sites (tertiary alicyclic amines) is 1. The summed E-state index contributed by atoms with van der Waals surface area (Å²) in [4.78, 5) is 6.27. The first kappa shape index (κ1) is 8.27. The SMILES string of the molecule is CN=C/C(=C\N)CN1CCC1. The van der Waals surface area contributed by atoms with E-state index in [2.05, 4.69) is 9.89 Å². The molecule has 1 aliphatic heterocycles. The van der Waals surface area contributed by atoms with Gasteiger partial charge in [-0.25, -0.2) is 0 Å². The molecule has 1 heterocycles. The predicted molar refractivity (Wildman–Crippen MR) is 47.7 cm³/mol. The fourth-order valence-corrected chi connectivity index (χ4v) is 1.10. The van der Waals surface area contributed by atoms with Crippen molar-refractivity contribution in [2.45, 2.75) is 6.42 Å². The van der Waals surface area contributed by atoms with Crippen molar-refractivity contribution in [1.82, 2.24) is 4.90 Å². The molecule has 0 spiro atoms. The van der Waals surface area contributed by atoms with E-state index in [-0.39, 0.29) is 0 Å². The zero-order chi connectivity index (χ0) is 8.10. The van der Waals surface area contributed by atoms with Crippen LogP contribution in [-0.4, -0.2) is 37.8 Å². The molecule has 0 aromatic rings. The zero-order valence-corrected chi connectivity index (χ0v) is 6.95. The molecular formula is C8H15N3. The highest BCUT2D eigenvalue weighted by Crippen LogP contribution is 2.07. The lowest BCUT2D eigenvalue weighted by Crippen LogP contribution is -2.38. The van der Waals surface area contributed by atoms with Crippen LogP contribution in [0.25, 0.3) is 0 Å². The maximum atomic E-state index is 5.41. The van der Waals surface area contributed by atoms with E-state index >= 15 is 0 Å². The van der Waals surface area contributed by atoms with Gasteiger partial charge < -0.3 is 5.73 Å². The number of nitrogens with two attached hydrogens (primary N) is 1. The van der Waals surface area contributed by atoms with E-state index in [0.717, 1.165) is 12.1 Å². The lowest BCUT2D eigenvalue weighted by atomic mass is 10.2. The summed E-state index contributed by atoms with van der Waals surface area (Å²) in [5.41, 5.74) is 6.51. The Morgan fingerprint density at radius 3 is 2.73 bits per heavy atom. The lowest BCUT2D eigenvalue weighted by Gasteiger charge is -2.30. The van der Waals surface area contributed by atoms with Crippen molar-refractivity contribution in [3.05, 3.63) is 11.8 Å². The largest absolute Gasteiger partial charge is 0.404 e. The van der Waals surface area contributed by atoms with E-state index < -0.39 is 0 Å². The van der Waals surface area contributed by atoms with Gasteiger partial charge in [0.25, 0.3) is 0 Å². The molecule has 1 saturated heterocycles. The van der Waals surface area contributed by atoms with Crippen LogP contribution >= 0.6 is 0 Å². The minimum Gasteiger partial charge on any atom is -0.404 e. The molecule has 0 aromatic carbocycles. The molecular weight excluding hydrogens is 138 g/mol. The Morgan fingerprint density at radius 2 is 2.36 bits per heavy atom. The van der Waals surface area contributed by atoms with E-state index in [0.29, 0.717) is 0 Å². The van der Waals surface area contributed by atoms with Crippen LogP contribution in [0.3, 0.4) is 0 Å². The van der Waals surface area contributed by atoms with Gasteiger partial charge in [0, 0.05) is 19.8 Å². The van der Waals surface area contributed by atoms with E-state index in [1.54, 1.807) is 13.2 Å². The summed E-state index contributed by atoms with van der Waals surface area (Å²) in [5, 5.41) is 0. The van der Waals surface area contributed by atoms with Crippen LogP contribution in [-0.2, 0) is 0 Å². The third kappa shape index (κ3) is 2.35. The number of rotatable bonds is 3. The minimum atomic E-state index is 0.952. The standard InChI is InChI=1S/C8H15N3/c1-10-6-8(5-9)7-11-3-2-4-11/h5-6H,2-4,7,9H2,1H3/b8-5+,10-6?. The summed E-state index contributed by atoms with van der Waals surface area (Å²) in [5.74, 6) is 0. The van der Waals surface area contributed by atoms with Gasteiger partial charge in [-0.1, -0.05) is 0 Å². The van der Waals surface area contributed by atoms with Gasteiger partial charge >= 0.3 is 0 Å². The molecule has 11 heavy (non-hydrogen) atoms. The van der Waals surface area contributed by atoms with Crippen molar-refractivity contribution in [3.8, 4) is 0 Å². The van der Waals surface area contributed by atoms with Crippen molar-refractivity contribution in [2.75, 3.05) is 26.7 Å². The molecule has 0 amide bonds. The van der Waals surface area contributed by atoms with Gasteiger partial charge in [-0.15, -0.1) is 0 Å². The molecule has 0 radical (unpaired) electrons. The molecule has 1 rings (SSSR count). The molecule has 2 N–H and O–H groups in total. The molecule has 0 aliphatic carbocycles.